The van der Waals surface area contributed by atoms with E-state index >= 15 is 0 Å². The van der Waals surface area contributed by atoms with Crippen LogP contribution in [0.5, 0.6) is 5.75 Å². The number of hydrogen-bond donors (Lipinski definition) is 1. The number of methoxy groups -OCH3 is 1. The van der Waals surface area contributed by atoms with Gasteiger partial charge in [-0.05, 0) is 46.6 Å². The highest BCUT2D eigenvalue weighted by molar-refractivity contribution is 9.10. The summed E-state index contributed by atoms with van der Waals surface area (Å²) in [6, 6.07) is 5.80. The minimum Gasteiger partial charge on any atom is -0.492 e. The lowest BCUT2D eigenvalue weighted by atomic mass is 10.1. The second kappa shape index (κ2) is 7.29. The van der Waals surface area contributed by atoms with Crippen molar-refractivity contribution in [2.75, 3.05) is 20.3 Å². The number of esters is 1. The first-order valence-electron chi connectivity index (χ1n) is 5.35. The van der Waals surface area contributed by atoms with E-state index in [4.69, 9.17) is 10.5 Å². The summed E-state index contributed by atoms with van der Waals surface area (Å²) in [6.07, 6.45) is 1.08. The third-order valence-electron chi connectivity index (χ3n) is 2.22. The van der Waals surface area contributed by atoms with Gasteiger partial charge >= 0.3 is 5.97 Å². The lowest BCUT2D eigenvalue weighted by molar-refractivity contribution is -0.141. The molecule has 17 heavy (non-hydrogen) atoms. The van der Waals surface area contributed by atoms with Crippen molar-refractivity contribution in [1.82, 2.24) is 0 Å². The minimum atomic E-state index is -0.277. The number of carbonyl (C=O) groups is 1. The number of rotatable bonds is 6. The van der Waals surface area contributed by atoms with E-state index < -0.39 is 0 Å². The molecule has 0 aliphatic heterocycles. The van der Waals surface area contributed by atoms with Crippen LogP contribution in [0.25, 0.3) is 0 Å². The van der Waals surface area contributed by atoms with Crippen LogP contribution < -0.4 is 10.5 Å². The van der Waals surface area contributed by atoms with Gasteiger partial charge in [-0.1, -0.05) is 6.07 Å². The fourth-order valence-corrected chi connectivity index (χ4v) is 1.87. The molecular formula is C12H16BrNO3. The van der Waals surface area contributed by atoms with E-state index in [1.54, 1.807) is 0 Å². The van der Waals surface area contributed by atoms with Gasteiger partial charge in [0.1, 0.15) is 5.75 Å². The third kappa shape index (κ3) is 4.75. The average Bonchev–Trinajstić information content (AvgIpc) is 2.32. The largest absolute Gasteiger partial charge is 0.492 e. The van der Waals surface area contributed by atoms with Crippen molar-refractivity contribution < 1.29 is 14.3 Å². The fraction of sp³-hybridized carbons (Fsp3) is 0.417. The predicted molar refractivity (Wildman–Crippen MR) is 69.0 cm³/mol. The molecule has 94 valence electrons. The number of nitrogens with two attached hydrogens (primary N) is 1. The SMILES string of the molecule is COC(=O)CCOc1ccc(CCN)cc1Br. The van der Waals surface area contributed by atoms with Crippen LogP contribution in [0.3, 0.4) is 0 Å². The first-order chi connectivity index (χ1) is 8.17. The molecule has 0 bridgehead atoms. The number of benzene rings is 1. The Balaban J connectivity index is 2.51. The summed E-state index contributed by atoms with van der Waals surface area (Å²) in [4.78, 5) is 10.9. The maximum absolute atomic E-state index is 10.9. The monoisotopic (exact) mass is 301 g/mol. The Labute approximate surface area is 109 Å². The molecule has 0 fully saturated rings. The third-order valence-corrected chi connectivity index (χ3v) is 2.84. The standard InChI is InChI=1S/C12H16BrNO3/c1-16-12(15)5-7-17-11-3-2-9(4-6-14)8-10(11)13/h2-3,8H,4-7,14H2,1H3. The van der Waals surface area contributed by atoms with Crippen molar-refractivity contribution in [3.63, 3.8) is 0 Å². The number of halogens is 1. The quantitative estimate of drug-likeness (QED) is 0.815. The van der Waals surface area contributed by atoms with Crippen LogP contribution in [0, 0.1) is 0 Å². The van der Waals surface area contributed by atoms with Gasteiger partial charge in [0.2, 0.25) is 0 Å². The van der Waals surface area contributed by atoms with E-state index in [1.807, 2.05) is 18.2 Å². The zero-order valence-electron chi connectivity index (χ0n) is 9.74. The highest BCUT2D eigenvalue weighted by Crippen LogP contribution is 2.26. The second-order valence-electron chi connectivity index (χ2n) is 3.48. The molecule has 5 heteroatoms. The molecule has 4 nitrogen and oxygen atoms in total. The summed E-state index contributed by atoms with van der Waals surface area (Å²) in [5, 5.41) is 0. The molecule has 0 amide bonds. The van der Waals surface area contributed by atoms with Crippen LogP contribution in [-0.4, -0.2) is 26.2 Å². The summed E-state index contributed by atoms with van der Waals surface area (Å²) in [6.45, 7) is 0.927. The molecule has 1 rings (SSSR count). The van der Waals surface area contributed by atoms with Crippen molar-refractivity contribution >= 4 is 21.9 Å². The lowest BCUT2D eigenvalue weighted by Crippen LogP contribution is -2.08. The van der Waals surface area contributed by atoms with E-state index in [-0.39, 0.29) is 12.4 Å². The van der Waals surface area contributed by atoms with Crippen LogP contribution in [0.15, 0.2) is 22.7 Å². The van der Waals surface area contributed by atoms with Gasteiger partial charge < -0.3 is 15.2 Å². The molecule has 0 unspecified atom stereocenters. The second-order valence-corrected chi connectivity index (χ2v) is 4.33. The maximum atomic E-state index is 10.9. The molecule has 0 spiro atoms. The van der Waals surface area contributed by atoms with Crippen LogP contribution in [-0.2, 0) is 16.0 Å². The van der Waals surface area contributed by atoms with E-state index in [9.17, 15) is 4.79 Å². The topological polar surface area (TPSA) is 61.5 Å². The number of carbonyl (C=O) groups excluding carboxylic acids is 1. The zero-order valence-corrected chi connectivity index (χ0v) is 11.3. The normalized spacial score (nSPS) is 10.1. The summed E-state index contributed by atoms with van der Waals surface area (Å²) in [7, 11) is 1.36. The van der Waals surface area contributed by atoms with Crippen LogP contribution in [0.4, 0.5) is 0 Å². The van der Waals surface area contributed by atoms with Gasteiger partial charge in [0.15, 0.2) is 0 Å². The molecule has 1 aromatic rings. The van der Waals surface area contributed by atoms with Crippen LogP contribution >= 0.6 is 15.9 Å². The highest BCUT2D eigenvalue weighted by atomic mass is 79.9. The van der Waals surface area contributed by atoms with Crippen LogP contribution in [0.1, 0.15) is 12.0 Å². The van der Waals surface area contributed by atoms with Gasteiger partial charge in [-0.3, -0.25) is 4.79 Å². The maximum Gasteiger partial charge on any atom is 0.308 e. The molecule has 0 heterocycles. The molecule has 0 aromatic heterocycles. The Hall–Kier alpha value is -1.07. The Morgan fingerprint density at radius 2 is 2.24 bits per heavy atom. The molecule has 0 atom stereocenters. The molecule has 1 aromatic carbocycles. The van der Waals surface area contributed by atoms with Crippen molar-refractivity contribution in [1.29, 1.82) is 0 Å². The van der Waals surface area contributed by atoms with Gasteiger partial charge in [-0.15, -0.1) is 0 Å². The molecule has 2 N–H and O–H groups in total. The van der Waals surface area contributed by atoms with Gasteiger partial charge in [-0.2, -0.15) is 0 Å². The van der Waals surface area contributed by atoms with E-state index in [1.165, 1.54) is 7.11 Å². The summed E-state index contributed by atoms with van der Waals surface area (Å²) >= 11 is 3.42. The first-order valence-corrected chi connectivity index (χ1v) is 6.14. The van der Waals surface area contributed by atoms with Crippen molar-refractivity contribution in [3.05, 3.63) is 28.2 Å². The summed E-state index contributed by atoms with van der Waals surface area (Å²) < 4.78 is 10.9. The number of hydrogen-bond acceptors (Lipinski definition) is 4. The van der Waals surface area contributed by atoms with Crippen molar-refractivity contribution in [3.8, 4) is 5.75 Å². The van der Waals surface area contributed by atoms with Gasteiger partial charge in [0.25, 0.3) is 0 Å². The Bertz CT molecular complexity index is 382. The summed E-state index contributed by atoms with van der Waals surface area (Å²) in [5.41, 5.74) is 6.63. The van der Waals surface area contributed by atoms with Gasteiger partial charge in [0.05, 0.1) is 24.6 Å². The van der Waals surface area contributed by atoms with E-state index in [0.717, 1.165) is 22.2 Å². The van der Waals surface area contributed by atoms with E-state index in [0.29, 0.717) is 13.2 Å². The molecule has 0 radical (unpaired) electrons. The van der Waals surface area contributed by atoms with Crippen molar-refractivity contribution in [2.24, 2.45) is 5.73 Å². The Kier molecular flexibility index (Phi) is 6.00. The van der Waals surface area contributed by atoms with Crippen molar-refractivity contribution in [2.45, 2.75) is 12.8 Å². The molecule has 0 aliphatic rings. The molecule has 0 aliphatic carbocycles. The van der Waals surface area contributed by atoms with Gasteiger partial charge in [-0.25, -0.2) is 0 Å². The first kappa shape index (κ1) is 14.0. The zero-order chi connectivity index (χ0) is 12.7. The Morgan fingerprint density at radius 3 is 2.82 bits per heavy atom. The molecule has 0 saturated carbocycles. The van der Waals surface area contributed by atoms with Gasteiger partial charge in [0, 0.05) is 0 Å². The molecule has 0 saturated heterocycles. The fourth-order valence-electron chi connectivity index (χ4n) is 1.33. The highest BCUT2D eigenvalue weighted by Gasteiger charge is 2.04. The summed E-state index contributed by atoms with van der Waals surface area (Å²) in [5.74, 6) is 0.440. The Morgan fingerprint density at radius 1 is 1.47 bits per heavy atom. The molecular weight excluding hydrogens is 286 g/mol. The van der Waals surface area contributed by atoms with Crippen LogP contribution in [0.2, 0.25) is 0 Å². The van der Waals surface area contributed by atoms with E-state index in [2.05, 4.69) is 20.7 Å². The predicted octanol–water partition coefficient (Wildman–Crippen LogP) is 1.89. The lowest BCUT2D eigenvalue weighted by Gasteiger charge is -2.09. The average molecular weight is 302 g/mol. The smallest absolute Gasteiger partial charge is 0.308 e. The number of ether oxygens (including phenoxy) is 2. The minimum absolute atomic E-state index is 0.244.